The van der Waals surface area contributed by atoms with Crippen molar-refractivity contribution in [2.24, 2.45) is 4.99 Å². The van der Waals surface area contributed by atoms with Crippen LogP contribution in [0.1, 0.15) is 41.6 Å². The van der Waals surface area contributed by atoms with Gasteiger partial charge < -0.3 is 9.47 Å². The molecule has 0 aliphatic carbocycles. The summed E-state index contributed by atoms with van der Waals surface area (Å²) in [5.41, 5.74) is 4.28. The molecule has 3 aromatic carbocycles. The van der Waals surface area contributed by atoms with E-state index in [9.17, 15) is 9.59 Å². The number of thiazole rings is 1. The van der Waals surface area contributed by atoms with Crippen molar-refractivity contribution in [3.8, 4) is 5.75 Å². The quantitative estimate of drug-likeness (QED) is 0.185. The van der Waals surface area contributed by atoms with Gasteiger partial charge in [-0.1, -0.05) is 90.5 Å². The van der Waals surface area contributed by atoms with Crippen LogP contribution in [-0.2, 0) is 22.6 Å². The number of carbonyl (C=O) groups excluding carboxylic acids is 1. The van der Waals surface area contributed by atoms with Crippen LogP contribution in [0, 0.1) is 0 Å². The average molecular weight is 585 g/mol. The molecular weight excluding hydrogens is 556 g/mol. The fourth-order valence-electron chi connectivity index (χ4n) is 4.88. The van der Waals surface area contributed by atoms with Crippen LogP contribution in [0.5, 0.6) is 5.75 Å². The van der Waals surface area contributed by atoms with Gasteiger partial charge in [-0.15, -0.1) is 6.58 Å². The topological polar surface area (TPSA) is 69.9 Å². The van der Waals surface area contributed by atoms with E-state index in [-0.39, 0.29) is 5.56 Å². The van der Waals surface area contributed by atoms with Crippen molar-refractivity contribution in [1.29, 1.82) is 0 Å². The largest absolute Gasteiger partial charge is 0.489 e. The SMILES string of the molecule is C=CCc1cc(/C=c2\sc3n(c2=O)[C@H](c2ccccc2)C(C(=O)OC)=C(CC)N=3)ccc1OCc1ccccc1Cl. The Bertz CT molecular complexity index is 1820. The molecule has 0 N–H and O–H groups in total. The maximum atomic E-state index is 13.9. The van der Waals surface area contributed by atoms with Gasteiger partial charge in [0.1, 0.15) is 12.4 Å². The van der Waals surface area contributed by atoms with E-state index in [0.717, 1.165) is 28.0 Å². The van der Waals surface area contributed by atoms with E-state index in [1.54, 1.807) is 4.57 Å². The number of aromatic nitrogens is 1. The Morgan fingerprint density at radius 2 is 1.85 bits per heavy atom. The molecule has 0 bridgehead atoms. The molecule has 1 aliphatic rings. The molecule has 0 saturated carbocycles. The number of carbonyl (C=O) groups is 1. The summed E-state index contributed by atoms with van der Waals surface area (Å²) in [6.07, 6.45) is 4.79. The van der Waals surface area contributed by atoms with Crippen molar-refractivity contribution in [1.82, 2.24) is 4.57 Å². The predicted molar refractivity (Wildman–Crippen MR) is 163 cm³/mol. The maximum Gasteiger partial charge on any atom is 0.338 e. The van der Waals surface area contributed by atoms with Crippen LogP contribution in [0.25, 0.3) is 6.08 Å². The molecule has 2 heterocycles. The molecule has 1 atom stereocenters. The van der Waals surface area contributed by atoms with Gasteiger partial charge in [-0.25, -0.2) is 9.79 Å². The van der Waals surface area contributed by atoms with E-state index >= 15 is 0 Å². The highest BCUT2D eigenvalue weighted by atomic mass is 35.5. The number of halogens is 1. The minimum Gasteiger partial charge on any atom is -0.489 e. The van der Waals surface area contributed by atoms with Gasteiger partial charge in [0.25, 0.3) is 5.56 Å². The number of rotatable bonds is 9. The second-order valence-corrected chi connectivity index (χ2v) is 10.9. The Balaban J connectivity index is 1.57. The van der Waals surface area contributed by atoms with Gasteiger partial charge in [0.15, 0.2) is 4.80 Å². The van der Waals surface area contributed by atoms with E-state index in [2.05, 4.69) is 6.58 Å². The molecule has 1 aromatic heterocycles. The van der Waals surface area contributed by atoms with E-state index in [4.69, 9.17) is 26.1 Å². The predicted octanol–water partition coefficient (Wildman–Crippen LogP) is 5.76. The molecule has 0 saturated heterocycles. The molecule has 41 heavy (non-hydrogen) atoms. The number of allylic oxidation sites excluding steroid dienone is 2. The van der Waals surface area contributed by atoms with Crippen LogP contribution in [-0.4, -0.2) is 17.6 Å². The van der Waals surface area contributed by atoms with Crippen LogP contribution < -0.4 is 19.6 Å². The van der Waals surface area contributed by atoms with Crippen molar-refractivity contribution < 1.29 is 14.3 Å². The maximum absolute atomic E-state index is 13.9. The summed E-state index contributed by atoms with van der Waals surface area (Å²) >= 11 is 7.60. The van der Waals surface area contributed by atoms with Crippen LogP contribution in [0.15, 0.2) is 107 Å². The first-order chi connectivity index (χ1) is 19.9. The van der Waals surface area contributed by atoms with Crippen LogP contribution in [0.2, 0.25) is 5.02 Å². The van der Waals surface area contributed by atoms with E-state index in [1.165, 1.54) is 18.4 Å². The monoisotopic (exact) mass is 584 g/mol. The first-order valence-electron chi connectivity index (χ1n) is 13.2. The number of nitrogens with zero attached hydrogens (tertiary/aromatic N) is 2. The lowest BCUT2D eigenvalue weighted by molar-refractivity contribution is -0.136. The summed E-state index contributed by atoms with van der Waals surface area (Å²) in [6.45, 7) is 6.16. The number of fused-ring (bicyclic) bond motifs is 1. The molecule has 8 heteroatoms. The third kappa shape index (κ3) is 5.82. The molecule has 5 rings (SSSR count). The first-order valence-corrected chi connectivity index (χ1v) is 14.4. The van der Waals surface area contributed by atoms with E-state index in [1.807, 2.05) is 91.9 Å². The fourth-order valence-corrected chi connectivity index (χ4v) is 6.09. The zero-order valence-corrected chi connectivity index (χ0v) is 24.4. The van der Waals surface area contributed by atoms with E-state index in [0.29, 0.717) is 45.1 Å². The minimum absolute atomic E-state index is 0.219. The summed E-state index contributed by atoms with van der Waals surface area (Å²) in [6, 6.07) is 22.3. The Kier molecular flexibility index (Phi) is 8.67. The fraction of sp³-hybridized carbons (Fsp3) is 0.182. The number of benzene rings is 3. The molecule has 0 spiro atoms. The summed E-state index contributed by atoms with van der Waals surface area (Å²) in [5.74, 6) is 0.234. The number of hydrogen-bond donors (Lipinski definition) is 0. The Morgan fingerprint density at radius 3 is 2.56 bits per heavy atom. The Labute approximate surface area is 247 Å². The Morgan fingerprint density at radius 1 is 1.10 bits per heavy atom. The second-order valence-electron chi connectivity index (χ2n) is 9.44. The number of methoxy groups -OCH3 is 1. The van der Waals surface area contributed by atoms with Gasteiger partial charge in [-0.3, -0.25) is 9.36 Å². The molecule has 6 nitrogen and oxygen atoms in total. The van der Waals surface area contributed by atoms with E-state index < -0.39 is 12.0 Å². The lowest BCUT2D eigenvalue weighted by atomic mass is 9.95. The molecular formula is C33H29ClN2O4S. The van der Waals surface area contributed by atoms with Gasteiger partial charge in [0.2, 0.25) is 0 Å². The third-order valence-electron chi connectivity index (χ3n) is 6.85. The van der Waals surface area contributed by atoms with Gasteiger partial charge >= 0.3 is 5.97 Å². The smallest absolute Gasteiger partial charge is 0.338 e. The molecule has 208 valence electrons. The molecule has 0 amide bonds. The highest BCUT2D eigenvalue weighted by Gasteiger charge is 2.33. The second kappa shape index (κ2) is 12.5. The zero-order chi connectivity index (χ0) is 28.9. The number of esters is 1. The van der Waals surface area contributed by atoms with Crippen molar-refractivity contribution in [2.45, 2.75) is 32.4 Å². The first kappa shape index (κ1) is 28.3. The van der Waals surface area contributed by atoms with Crippen LogP contribution in [0.3, 0.4) is 0 Å². The molecule has 0 radical (unpaired) electrons. The highest BCUT2D eigenvalue weighted by Crippen LogP contribution is 2.31. The number of hydrogen-bond acceptors (Lipinski definition) is 6. The van der Waals surface area contributed by atoms with Gasteiger partial charge in [-0.05, 0) is 53.8 Å². The normalized spacial score (nSPS) is 14.8. The lowest BCUT2D eigenvalue weighted by Crippen LogP contribution is -2.40. The summed E-state index contributed by atoms with van der Waals surface area (Å²) in [4.78, 5) is 32.1. The lowest BCUT2D eigenvalue weighted by Gasteiger charge is -2.25. The zero-order valence-electron chi connectivity index (χ0n) is 22.8. The van der Waals surface area contributed by atoms with Gasteiger partial charge in [0, 0.05) is 10.6 Å². The third-order valence-corrected chi connectivity index (χ3v) is 8.20. The van der Waals surface area contributed by atoms with Crippen molar-refractivity contribution in [3.05, 3.63) is 144 Å². The van der Waals surface area contributed by atoms with Gasteiger partial charge in [0.05, 0.1) is 29.0 Å². The van der Waals surface area contributed by atoms with Crippen molar-refractivity contribution in [2.75, 3.05) is 7.11 Å². The summed E-state index contributed by atoms with van der Waals surface area (Å²) < 4.78 is 13.4. The molecule has 4 aromatic rings. The van der Waals surface area contributed by atoms with Gasteiger partial charge in [-0.2, -0.15) is 0 Å². The summed E-state index contributed by atoms with van der Waals surface area (Å²) in [7, 11) is 1.35. The Hall–Kier alpha value is -4.20. The molecule has 0 fully saturated rings. The average Bonchev–Trinajstić information content (AvgIpc) is 3.30. The highest BCUT2D eigenvalue weighted by molar-refractivity contribution is 7.07. The number of ether oxygens (including phenoxy) is 2. The molecule has 1 aliphatic heterocycles. The van der Waals surface area contributed by atoms with Crippen molar-refractivity contribution in [3.63, 3.8) is 0 Å². The van der Waals surface area contributed by atoms with Crippen LogP contribution >= 0.6 is 22.9 Å². The van der Waals surface area contributed by atoms with Crippen LogP contribution in [0.4, 0.5) is 0 Å². The summed E-state index contributed by atoms with van der Waals surface area (Å²) in [5, 5.41) is 0.653. The standard InChI is InChI=1S/C33H29ClN2O4S/c1-4-11-23-18-21(16-17-27(23)40-20-24-14-9-10-15-25(24)34)19-28-31(37)36-30(22-12-7-6-8-13-22)29(32(38)39-3)26(5-2)35-33(36)41-28/h4,6-10,12-19,30H,1,5,11,20H2,2-3H3/b28-19-/t30-/m1/s1. The molecule has 0 unspecified atom stereocenters. The minimum atomic E-state index is -0.631. The van der Waals surface area contributed by atoms with Crippen molar-refractivity contribution >= 4 is 35.0 Å².